The van der Waals surface area contributed by atoms with Crippen LogP contribution in [-0.2, 0) is 16.1 Å². The fourth-order valence-electron chi connectivity index (χ4n) is 3.98. The average Bonchev–Trinajstić information content (AvgIpc) is 2.82. The van der Waals surface area contributed by atoms with Gasteiger partial charge in [0.15, 0.2) is 0 Å². The van der Waals surface area contributed by atoms with Gasteiger partial charge in [-0.05, 0) is 56.5 Å². The molecule has 1 atom stereocenters. The number of hydrogen-bond acceptors (Lipinski definition) is 2. The van der Waals surface area contributed by atoms with Gasteiger partial charge in [-0.2, -0.15) is 0 Å². The number of halogens is 2. The number of carbonyl (C=O) groups is 2. The van der Waals surface area contributed by atoms with Crippen LogP contribution in [-0.4, -0.2) is 28.3 Å². The van der Waals surface area contributed by atoms with Crippen LogP contribution < -0.4 is 5.32 Å². The Balaban J connectivity index is 1.94. The van der Waals surface area contributed by atoms with Gasteiger partial charge in [-0.25, -0.2) is 0 Å². The summed E-state index contributed by atoms with van der Waals surface area (Å²) < 4.78 is 0. The Morgan fingerprint density at radius 3 is 1.89 bits per heavy atom. The van der Waals surface area contributed by atoms with Crippen LogP contribution in [0.15, 0.2) is 78.9 Å². The number of hydrogen-bond donors (Lipinski definition) is 1. The second-order valence-electron chi connectivity index (χ2n) is 9.76. The first-order chi connectivity index (χ1) is 16.5. The maximum atomic E-state index is 13.9. The third-order valence-electron chi connectivity index (χ3n) is 5.79. The molecule has 0 fully saturated rings. The minimum absolute atomic E-state index is 0.120. The molecule has 0 aliphatic carbocycles. The molecule has 0 aliphatic heterocycles. The van der Waals surface area contributed by atoms with Crippen molar-refractivity contribution < 1.29 is 9.59 Å². The number of benzene rings is 3. The Labute approximate surface area is 218 Å². The van der Waals surface area contributed by atoms with E-state index in [1.165, 1.54) is 0 Å². The summed E-state index contributed by atoms with van der Waals surface area (Å²) in [5.74, 6) is -0.466. The molecule has 6 heteroatoms. The molecule has 0 radical (unpaired) electrons. The number of rotatable bonds is 8. The maximum absolute atomic E-state index is 13.9. The van der Waals surface area contributed by atoms with E-state index in [1.807, 2.05) is 87.5 Å². The highest BCUT2D eigenvalue weighted by atomic mass is 35.5. The Morgan fingerprint density at radius 2 is 1.40 bits per heavy atom. The van der Waals surface area contributed by atoms with Gasteiger partial charge in [-0.1, -0.05) is 89.9 Å². The fourth-order valence-corrected chi connectivity index (χ4v) is 4.30. The molecule has 0 aliphatic rings. The molecule has 0 saturated heterocycles. The molecule has 0 heterocycles. The molecule has 3 aromatic rings. The van der Waals surface area contributed by atoms with Gasteiger partial charge >= 0.3 is 0 Å². The van der Waals surface area contributed by atoms with E-state index in [2.05, 4.69) is 5.32 Å². The minimum Gasteiger partial charge on any atom is -0.350 e. The van der Waals surface area contributed by atoms with Crippen LogP contribution in [0.25, 0.3) is 0 Å². The lowest BCUT2D eigenvalue weighted by Gasteiger charge is -2.32. The van der Waals surface area contributed by atoms with Gasteiger partial charge in [0.05, 0.1) is 10.0 Å². The largest absolute Gasteiger partial charge is 0.350 e. The third kappa shape index (κ3) is 7.58. The number of carbonyl (C=O) groups excluding carboxylic acids is 2. The summed E-state index contributed by atoms with van der Waals surface area (Å²) >= 11 is 12.3. The smallest absolute Gasteiger partial charge is 0.242 e. The highest BCUT2D eigenvalue weighted by molar-refractivity contribution is 6.42. The highest BCUT2D eigenvalue weighted by Gasteiger charge is 2.30. The first-order valence-corrected chi connectivity index (χ1v) is 12.5. The first kappa shape index (κ1) is 26.8. The van der Waals surface area contributed by atoms with E-state index in [0.29, 0.717) is 10.0 Å². The number of nitrogens with zero attached hydrogens (tertiary/aromatic N) is 1. The van der Waals surface area contributed by atoms with Gasteiger partial charge in [0.2, 0.25) is 11.8 Å². The zero-order chi connectivity index (χ0) is 25.6. The van der Waals surface area contributed by atoms with Crippen LogP contribution in [0.3, 0.4) is 0 Å². The van der Waals surface area contributed by atoms with E-state index in [9.17, 15) is 9.59 Å². The average molecular weight is 511 g/mol. The van der Waals surface area contributed by atoms with Crippen LogP contribution >= 0.6 is 23.2 Å². The van der Waals surface area contributed by atoms with E-state index in [1.54, 1.807) is 24.0 Å². The predicted molar refractivity (Wildman–Crippen MR) is 144 cm³/mol. The van der Waals surface area contributed by atoms with Gasteiger partial charge in [-0.15, -0.1) is 0 Å². The SMILES string of the molecule is C[C@H](C(=O)NC(C)(C)C)N(Cc1ccc(Cl)c(Cl)c1)C(=O)CC(c1ccccc1)c1ccccc1. The summed E-state index contributed by atoms with van der Waals surface area (Å²) in [7, 11) is 0. The maximum Gasteiger partial charge on any atom is 0.242 e. The van der Waals surface area contributed by atoms with Crippen molar-refractivity contribution in [2.75, 3.05) is 0 Å². The number of nitrogens with one attached hydrogen (secondary N) is 1. The summed E-state index contributed by atoms with van der Waals surface area (Å²) in [5.41, 5.74) is 2.49. The van der Waals surface area contributed by atoms with Crippen LogP contribution in [0.2, 0.25) is 10.0 Å². The molecule has 0 saturated carbocycles. The molecule has 4 nitrogen and oxygen atoms in total. The van der Waals surface area contributed by atoms with Gasteiger partial charge in [-0.3, -0.25) is 9.59 Å². The van der Waals surface area contributed by atoms with Crippen molar-refractivity contribution in [3.63, 3.8) is 0 Å². The first-order valence-electron chi connectivity index (χ1n) is 11.7. The Kier molecular flexibility index (Phi) is 8.98. The zero-order valence-corrected chi connectivity index (χ0v) is 22.1. The van der Waals surface area contributed by atoms with Gasteiger partial charge in [0, 0.05) is 24.4 Å². The highest BCUT2D eigenvalue weighted by Crippen LogP contribution is 2.30. The summed E-state index contributed by atoms with van der Waals surface area (Å²) in [6, 6.07) is 24.5. The van der Waals surface area contributed by atoms with Crippen LogP contribution in [0.4, 0.5) is 0 Å². The van der Waals surface area contributed by atoms with Crippen LogP contribution in [0.1, 0.15) is 56.7 Å². The monoisotopic (exact) mass is 510 g/mol. The molecule has 35 heavy (non-hydrogen) atoms. The Bertz CT molecular complexity index is 1100. The van der Waals surface area contributed by atoms with Crippen LogP contribution in [0.5, 0.6) is 0 Å². The van der Waals surface area contributed by atoms with Crippen molar-refractivity contribution in [3.05, 3.63) is 106 Å². The van der Waals surface area contributed by atoms with Crippen molar-refractivity contribution in [1.82, 2.24) is 10.2 Å². The molecule has 0 aromatic heterocycles. The van der Waals surface area contributed by atoms with Crippen molar-refractivity contribution in [3.8, 4) is 0 Å². The molecule has 2 amide bonds. The van der Waals surface area contributed by atoms with E-state index >= 15 is 0 Å². The lowest BCUT2D eigenvalue weighted by atomic mass is 9.88. The summed E-state index contributed by atoms with van der Waals surface area (Å²) in [5, 5.41) is 3.85. The van der Waals surface area contributed by atoms with E-state index in [4.69, 9.17) is 23.2 Å². The molecule has 3 aromatic carbocycles. The quantitative estimate of drug-likeness (QED) is 0.360. The normalized spacial score (nSPS) is 12.3. The predicted octanol–water partition coefficient (Wildman–Crippen LogP) is 6.85. The molecule has 3 rings (SSSR count). The molecule has 0 bridgehead atoms. The fraction of sp³-hybridized carbons (Fsp3) is 0.310. The zero-order valence-electron chi connectivity index (χ0n) is 20.6. The molecule has 0 unspecified atom stereocenters. The second-order valence-corrected chi connectivity index (χ2v) is 10.6. The van der Waals surface area contributed by atoms with Crippen molar-refractivity contribution in [2.45, 2.75) is 58.2 Å². The van der Waals surface area contributed by atoms with Crippen molar-refractivity contribution in [2.24, 2.45) is 0 Å². The minimum atomic E-state index is -0.677. The molecular weight excluding hydrogens is 479 g/mol. The summed E-state index contributed by atoms with van der Waals surface area (Å²) in [4.78, 5) is 28.6. The number of amides is 2. The lowest BCUT2D eigenvalue weighted by Crippen LogP contribution is -2.52. The van der Waals surface area contributed by atoms with E-state index in [0.717, 1.165) is 16.7 Å². The molecular formula is C29H32Cl2N2O2. The van der Waals surface area contributed by atoms with Gasteiger partial charge < -0.3 is 10.2 Å². The molecule has 0 spiro atoms. The Hall–Kier alpha value is -2.82. The summed E-state index contributed by atoms with van der Waals surface area (Å²) in [6.45, 7) is 7.76. The Morgan fingerprint density at radius 1 is 0.857 bits per heavy atom. The van der Waals surface area contributed by atoms with Gasteiger partial charge in [0.25, 0.3) is 0 Å². The third-order valence-corrected chi connectivity index (χ3v) is 6.52. The van der Waals surface area contributed by atoms with Crippen molar-refractivity contribution >= 4 is 35.0 Å². The topological polar surface area (TPSA) is 49.4 Å². The standard InChI is InChI=1S/C29H32Cl2N2O2/c1-20(28(35)32-29(2,3)4)33(19-21-15-16-25(30)26(31)17-21)27(34)18-24(22-11-7-5-8-12-22)23-13-9-6-10-14-23/h5-17,20,24H,18-19H2,1-4H3,(H,32,35)/t20-/m1/s1. The van der Waals surface area contributed by atoms with E-state index < -0.39 is 11.6 Å². The molecule has 184 valence electrons. The second kappa shape index (κ2) is 11.7. The van der Waals surface area contributed by atoms with Gasteiger partial charge in [0.1, 0.15) is 6.04 Å². The summed E-state index contributed by atoms with van der Waals surface area (Å²) in [6.07, 6.45) is 0.225. The van der Waals surface area contributed by atoms with Crippen LogP contribution in [0, 0.1) is 0 Å². The van der Waals surface area contributed by atoms with E-state index in [-0.39, 0.29) is 30.7 Å². The molecule has 1 N–H and O–H groups in total. The lowest BCUT2D eigenvalue weighted by molar-refractivity contribution is -0.141. The van der Waals surface area contributed by atoms with Crippen molar-refractivity contribution in [1.29, 1.82) is 0 Å².